The summed E-state index contributed by atoms with van der Waals surface area (Å²) in [6.07, 6.45) is 1.74. The van der Waals surface area contributed by atoms with Crippen molar-refractivity contribution in [3.05, 3.63) is 89.4 Å². The van der Waals surface area contributed by atoms with E-state index in [0.717, 1.165) is 16.5 Å². The van der Waals surface area contributed by atoms with Crippen LogP contribution in [0.15, 0.2) is 66.9 Å². The maximum absolute atomic E-state index is 13.7. The van der Waals surface area contributed by atoms with Gasteiger partial charge < -0.3 is 4.90 Å². The fourth-order valence-electron chi connectivity index (χ4n) is 3.48. The fourth-order valence-corrected chi connectivity index (χ4v) is 3.48. The molecule has 1 aromatic heterocycles. The van der Waals surface area contributed by atoms with Crippen LogP contribution in [-0.4, -0.2) is 28.1 Å². The minimum Gasteiger partial charge on any atom is -0.337 e. The standard InChI is InChI=1S/C23H19F2N3O/c1-28(14-18-6-2-5-17-13-26-27-22(17)18)23(29)16-8-9-21(19(10-16)12-24)15-4-3-7-20(25)11-15/h2-11,13H,12,14H2,1H3,(H,26,27). The monoisotopic (exact) mass is 391 g/mol. The summed E-state index contributed by atoms with van der Waals surface area (Å²) in [4.78, 5) is 14.5. The predicted molar refractivity (Wildman–Crippen MR) is 109 cm³/mol. The molecule has 4 nitrogen and oxygen atoms in total. The van der Waals surface area contributed by atoms with E-state index in [-0.39, 0.29) is 11.7 Å². The third-order valence-electron chi connectivity index (χ3n) is 4.95. The van der Waals surface area contributed by atoms with Crippen molar-refractivity contribution in [3.8, 4) is 11.1 Å². The topological polar surface area (TPSA) is 49.0 Å². The molecule has 0 spiro atoms. The van der Waals surface area contributed by atoms with Crippen LogP contribution in [0.4, 0.5) is 8.78 Å². The van der Waals surface area contributed by atoms with Crippen molar-refractivity contribution in [2.24, 2.45) is 0 Å². The second-order valence-corrected chi connectivity index (χ2v) is 6.93. The number of H-pyrrole nitrogens is 1. The lowest BCUT2D eigenvalue weighted by molar-refractivity contribution is 0.0785. The first kappa shape index (κ1) is 18.8. The number of aromatic nitrogens is 2. The smallest absolute Gasteiger partial charge is 0.253 e. The summed E-state index contributed by atoms with van der Waals surface area (Å²) in [5, 5.41) is 7.97. The van der Waals surface area contributed by atoms with Crippen LogP contribution in [0.1, 0.15) is 21.5 Å². The molecule has 0 radical (unpaired) electrons. The summed E-state index contributed by atoms with van der Waals surface area (Å²) in [5.41, 5.74) is 3.72. The Hall–Kier alpha value is -3.54. The highest BCUT2D eigenvalue weighted by Crippen LogP contribution is 2.27. The summed E-state index contributed by atoms with van der Waals surface area (Å²) < 4.78 is 27.2. The van der Waals surface area contributed by atoms with Gasteiger partial charge in [0.25, 0.3) is 5.91 Å². The molecule has 0 saturated heterocycles. The third-order valence-corrected chi connectivity index (χ3v) is 4.95. The number of hydrogen-bond acceptors (Lipinski definition) is 2. The van der Waals surface area contributed by atoms with Gasteiger partial charge in [-0.25, -0.2) is 8.78 Å². The highest BCUT2D eigenvalue weighted by atomic mass is 19.1. The second kappa shape index (κ2) is 7.83. The minimum absolute atomic E-state index is 0.220. The van der Waals surface area contributed by atoms with Gasteiger partial charge in [0.1, 0.15) is 12.5 Å². The normalized spacial score (nSPS) is 11.0. The molecule has 1 amide bonds. The maximum atomic E-state index is 13.7. The second-order valence-electron chi connectivity index (χ2n) is 6.93. The van der Waals surface area contributed by atoms with Gasteiger partial charge in [0.2, 0.25) is 0 Å². The Balaban J connectivity index is 1.60. The van der Waals surface area contributed by atoms with Crippen LogP contribution in [0, 0.1) is 5.82 Å². The first-order valence-electron chi connectivity index (χ1n) is 9.18. The Labute approximate surface area is 166 Å². The number of rotatable bonds is 5. The molecule has 146 valence electrons. The van der Waals surface area contributed by atoms with Crippen LogP contribution < -0.4 is 0 Å². The van der Waals surface area contributed by atoms with Crippen LogP contribution in [0.25, 0.3) is 22.0 Å². The molecule has 4 rings (SSSR count). The largest absolute Gasteiger partial charge is 0.337 e. The number of halogens is 2. The molecule has 3 aromatic carbocycles. The Kier molecular flexibility index (Phi) is 5.08. The zero-order valence-electron chi connectivity index (χ0n) is 15.8. The van der Waals surface area contributed by atoms with Gasteiger partial charge in [0, 0.05) is 24.5 Å². The SMILES string of the molecule is CN(Cc1cccc2cn[nH]c12)C(=O)c1ccc(-c2cccc(F)c2)c(CF)c1. The lowest BCUT2D eigenvalue weighted by Gasteiger charge is -2.19. The van der Waals surface area contributed by atoms with Crippen LogP contribution >= 0.6 is 0 Å². The van der Waals surface area contributed by atoms with Crippen LogP contribution in [0.5, 0.6) is 0 Å². The van der Waals surface area contributed by atoms with E-state index in [0.29, 0.717) is 28.8 Å². The third kappa shape index (κ3) is 3.74. The number of hydrogen-bond donors (Lipinski definition) is 1. The van der Waals surface area contributed by atoms with Crippen molar-refractivity contribution < 1.29 is 13.6 Å². The van der Waals surface area contributed by atoms with E-state index in [1.165, 1.54) is 18.2 Å². The Morgan fingerprint density at radius 2 is 1.90 bits per heavy atom. The molecule has 0 aliphatic rings. The quantitative estimate of drug-likeness (QED) is 0.514. The number of alkyl halides is 1. The van der Waals surface area contributed by atoms with E-state index >= 15 is 0 Å². The highest BCUT2D eigenvalue weighted by molar-refractivity contribution is 5.95. The summed E-state index contributed by atoms with van der Waals surface area (Å²) in [7, 11) is 1.70. The number of nitrogens with zero attached hydrogens (tertiary/aromatic N) is 2. The number of benzene rings is 3. The van der Waals surface area contributed by atoms with Gasteiger partial charge in [-0.05, 0) is 46.5 Å². The average Bonchev–Trinajstić information content (AvgIpc) is 3.22. The van der Waals surface area contributed by atoms with Crippen molar-refractivity contribution in [1.82, 2.24) is 15.1 Å². The maximum Gasteiger partial charge on any atom is 0.253 e. The lowest BCUT2D eigenvalue weighted by atomic mass is 9.97. The number of nitrogens with one attached hydrogen (secondary N) is 1. The minimum atomic E-state index is -0.746. The molecule has 0 aliphatic carbocycles. The van der Waals surface area contributed by atoms with E-state index in [2.05, 4.69) is 10.2 Å². The molecule has 4 aromatic rings. The molecule has 1 N–H and O–H groups in total. The summed E-state index contributed by atoms with van der Waals surface area (Å²) in [6.45, 7) is -0.362. The average molecular weight is 391 g/mol. The summed E-state index contributed by atoms with van der Waals surface area (Å²) in [5.74, 6) is -0.609. The molecular weight excluding hydrogens is 372 g/mol. The Morgan fingerprint density at radius 1 is 1.07 bits per heavy atom. The van der Waals surface area contributed by atoms with Gasteiger partial charge in [0.15, 0.2) is 0 Å². The van der Waals surface area contributed by atoms with Crippen molar-refractivity contribution in [1.29, 1.82) is 0 Å². The molecule has 0 aliphatic heterocycles. The molecule has 29 heavy (non-hydrogen) atoms. The van der Waals surface area contributed by atoms with Gasteiger partial charge in [-0.1, -0.05) is 36.4 Å². The van der Waals surface area contributed by atoms with Crippen molar-refractivity contribution in [3.63, 3.8) is 0 Å². The zero-order chi connectivity index (χ0) is 20.4. The number of fused-ring (bicyclic) bond motifs is 1. The highest BCUT2D eigenvalue weighted by Gasteiger charge is 2.16. The van der Waals surface area contributed by atoms with Crippen molar-refractivity contribution >= 4 is 16.8 Å². The van der Waals surface area contributed by atoms with Gasteiger partial charge in [-0.3, -0.25) is 9.89 Å². The van der Waals surface area contributed by atoms with E-state index in [1.807, 2.05) is 18.2 Å². The van der Waals surface area contributed by atoms with Gasteiger partial charge in [-0.15, -0.1) is 0 Å². The zero-order valence-corrected chi connectivity index (χ0v) is 15.8. The molecule has 0 fully saturated rings. The number of carbonyl (C=O) groups is 1. The van der Waals surface area contributed by atoms with Gasteiger partial charge in [0.05, 0.1) is 11.7 Å². The summed E-state index contributed by atoms with van der Waals surface area (Å²) >= 11 is 0. The van der Waals surface area contributed by atoms with Crippen molar-refractivity contribution in [2.45, 2.75) is 13.2 Å². The Bertz CT molecular complexity index is 1190. The van der Waals surface area contributed by atoms with E-state index in [9.17, 15) is 13.6 Å². The van der Waals surface area contributed by atoms with Crippen LogP contribution in [-0.2, 0) is 13.2 Å². The fraction of sp³-hybridized carbons (Fsp3) is 0.130. The summed E-state index contributed by atoms with van der Waals surface area (Å²) in [6, 6.07) is 16.6. The molecular formula is C23H19F2N3O. The van der Waals surface area contributed by atoms with Gasteiger partial charge in [-0.2, -0.15) is 5.10 Å². The van der Waals surface area contributed by atoms with Crippen LogP contribution in [0.2, 0.25) is 0 Å². The van der Waals surface area contributed by atoms with Crippen molar-refractivity contribution in [2.75, 3.05) is 7.05 Å². The number of amides is 1. The number of para-hydroxylation sites is 1. The lowest BCUT2D eigenvalue weighted by Crippen LogP contribution is -2.26. The van der Waals surface area contributed by atoms with Gasteiger partial charge >= 0.3 is 0 Å². The molecule has 1 heterocycles. The Morgan fingerprint density at radius 3 is 2.69 bits per heavy atom. The van der Waals surface area contributed by atoms with E-state index in [4.69, 9.17) is 0 Å². The number of carbonyl (C=O) groups excluding carboxylic acids is 1. The molecule has 0 saturated carbocycles. The van der Waals surface area contributed by atoms with E-state index in [1.54, 1.807) is 42.4 Å². The molecule has 6 heteroatoms. The van der Waals surface area contributed by atoms with Crippen LogP contribution in [0.3, 0.4) is 0 Å². The molecule has 0 unspecified atom stereocenters. The molecule has 0 bridgehead atoms. The molecule has 0 atom stereocenters. The first-order chi connectivity index (χ1) is 14.1. The first-order valence-corrected chi connectivity index (χ1v) is 9.18. The number of aromatic amines is 1. The van der Waals surface area contributed by atoms with E-state index < -0.39 is 6.67 Å². The predicted octanol–water partition coefficient (Wildman–Crippen LogP) is 5.11.